The van der Waals surface area contributed by atoms with Crippen LogP contribution in [0.2, 0.25) is 0 Å². The molecule has 144 valence electrons. The van der Waals surface area contributed by atoms with Crippen LogP contribution in [-0.2, 0) is 11.2 Å². The summed E-state index contributed by atoms with van der Waals surface area (Å²) in [6.45, 7) is 1.78. The van der Waals surface area contributed by atoms with Crippen molar-refractivity contribution in [2.45, 2.75) is 13.3 Å². The van der Waals surface area contributed by atoms with Gasteiger partial charge in [0, 0.05) is 29.3 Å². The van der Waals surface area contributed by atoms with E-state index in [4.69, 9.17) is 9.47 Å². The molecule has 0 unspecified atom stereocenters. The van der Waals surface area contributed by atoms with Crippen LogP contribution in [0.25, 0.3) is 0 Å². The summed E-state index contributed by atoms with van der Waals surface area (Å²) in [5.41, 5.74) is 2.72. The first kappa shape index (κ1) is 19.4. The lowest BCUT2D eigenvalue weighted by atomic mass is 10.1. The number of hydrogen-bond donors (Lipinski definition) is 1. The fourth-order valence-corrected chi connectivity index (χ4v) is 3.46. The third-order valence-corrected chi connectivity index (χ3v) is 4.88. The zero-order chi connectivity index (χ0) is 20.1. The Kier molecular flexibility index (Phi) is 5.95. The van der Waals surface area contributed by atoms with Crippen LogP contribution in [0.1, 0.15) is 37.0 Å². The summed E-state index contributed by atoms with van der Waals surface area (Å²) in [6, 6.07) is 6.60. The van der Waals surface area contributed by atoms with E-state index < -0.39 is 5.97 Å². The highest BCUT2D eigenvalue weighted by atomic mass is 32.1. The van der Waals surface area contributed by atoms with Crippen LogP contribution < -0.4 is 10.1 Å². The minimum Gasteiger partial charge on any atom is -0.481 e. The van der Waals surface area contributed by atoms with Gasteiger partial charge in [-0.25, -0.2) is 9.78 Å². The van der Waals surface area contributed by atoms with E-state index in [2.05, 4.69) is 19.7 Å². The van der Waals surface area contributed by atoms with E-state index >= 15 is 0 Å². The topological polar surface area (TPSA) is 103 Å². The van der Waals surface area contributed by atoms with Crippen molar-refractivity contribution >= 4 is 29.1 Å². The van der Waals surface area contributed by atoms with Crippen LogP contribution >= 0.6 is 11.5 Å². The minimum absolute atomic E-state index is 0.280. The zero-order valence-electron chi connectivity index (χ0n) is 15.6. The van der Waals surface area contributed by atoms with Gasteiger partial charge in [-0.05, 0) is 36.7 Å². The normalized spacial score (nSPS) is 10.4. The Balaban J connectivity index is 1.81. The Morgan fingerprint density at radius 2 is 2.00 bits per heavy atom. The molecule has 0 aliphatic carbocycles. The summed E-state index contributed by atoms with van der Waals surface area (Å²) in [5.74, 6) is -0.255. The quantitative estimate of drug-likeness (QED) is 0.637. The second kappa shape index (κ2) is 8.57. The number of rotatable bonds is 6. The predicted molar refractivity (Wildman–Crippen MR) is 104 cm³/mol. The number of aromatic nitrogens is 3. The maximum Gasteiger partial charge on any atom is 0.337 e. The molecule has 0 aliphatic heterocycles. The van der Waals surface area contributed by atoms with E-state index in [9.17, 15) is 9.59 Å². The first-order chi connectivity index (χ1) is 13.5. The second-order valence-electron chi connectivity index (χ2n) is 5.81. The summed E-state index contributed by atoms with van der Waals surface area (Å²) < 4.78 is 14.1. The number of carbonyl (C=O) groups is 2. The Bertz CT molecular complexity index is 1000. The van der Waals surface area contributed by atoms with Crippen LogP contribution in [0.5, 0.6) is 5.88 Å². The molecule has 28 heavy (non-hydrogen) atoms. The lowest BCUT2D eigenvalue weighted by Gasteiger charge is -2.07. The van der Waals surface area contributed by atoms with Gasteiger partial charge < -0.3 is 14.8 Å². The molecule has 1 N–H and O–H groups in total. The predicted octanol–water partition coefficient (Wildman–Crippen LogP) is 2.88. The zero-order valence-corrected chi connectivity index (χ0v) is 16.4. The summed E-state index contributed by atoms with van der Waals surface area (Å²) in [7, 11) is 2.85. The maximum atomic E-state index is 12.8. The van der Waals surface area contributed by atoms with Crippen molar-refractivity contribution in [2.75, 3.05) is 19.5 Å². The van der Waals surface area contributed by atoms with Gasteiger partial charge in [-0.3, -0.25) is 9.78 Å². The van der Waals surface area contributed by atoms with E-state index in [0.29, 0.717) is 40.5 Å². The minimum atomic E-state index is -0.436. The summed E-state index contributed by atoms with van der Waals surface area (Å²) >= 11 is 1.23. The number of hydrogen-bond acceptors (Lipinski definition) is 8. The van der Waals surface area contributed by atoms with Gasteiger partial charge in [0.1, 0.15) is 0 Å². The number of esters is 1. The molecule has 0 fully saturated rings. The number of methoxy groups -OCH3 is 2. The Labute approximate surface area is 165 Å². The van der Waals surface area contributed by atoms with Crippen LogP contribution in [0.15, 0.2) is 36.7 Å². The molecule has 3 aromatic heterocycles. The third-order valence-electron chi connectivity index (χ3n) is 3.94. The van der Waals surface area contributed by atoms with Gasteiger partial charge >= 0.3 is 5.97 Å². The number of amides is 1. The molecular formula is C19H18N4O4S. The van der Waals surface area contributed by atoms with E-state index in [1.807, 2.05) is 0 Å². The molecule has 0 aromatic carbocycles. The third kappa shape index (κ3) is 4.32. The average Bonchev–Trinajstić information content (AvgIpc) is 3.08. The molecule has 0 bridgehead atoms. The molecule has 0 saturated heterocycles. The van der Waals surface area contributed by atoms with Crippen molar-refractivity contribution in [1.82, 2.24) is 14.3 Å². The van der Waals surface area contributed by atoms with Gasteiger partial charge in [-0.1, -0.05) is 0 Å². The summed E-state index contributed by atoms with van der Waals surface area (Å²) in [6.07, 6.45) is 3.44. The number of ether oxygens (including phenoxy) is 2. The smallest absolute Gasteiger partial charge is 0.337 e. The highest BCUT2D eigenvalue weighted by Crippen LogP contribution is 2.23. The molecule has 3 heterocycles. The van der Waals surface area contributed by atoms with Crippen molar-refractivity contribution in [3.8, 4) is 5.88 Å². The first-order valence-corrected chi connectivity index (χ1v) is 9.09. The fourth-order valence-electron chi connectivity index (χ4n) is 2.58. The standard InChI is InChI=1S/C19H18N4O4S/c1-11-17(18(24)22-13-4-5-16(26-2)21-10-13)15(28-23-11)9-14-8-12(6-7-20-14)19(25)27-3/h4-8,10H,9H2,1-3H3,(H,22,24). The van der Waals surface area contributed by atoms with Crippen molar-refractivity contribution in [2.24, 2.45) is 0 Å². The highest BCUT2D eigenvalue weighted by molar-refractivity contribution is 7.06. The maximum absolute atomic E-state index is 12.8. The van der Waals surface area contributed by atoms with E-state index in [1.165, 1.54) is 38.1 Å². The Morgan fingerprint density at radius 3 is 2.68 bits per heavy atom. The summed E-state index contributed by atoms with van der Waals surface area (Å²) in [5, 5.41) is 2.82. The van der Waals surface area contributed by atoms with Gasteiger partial charge in [0.05, 0.1) is 42.9 Å². The second-order valence-corrected chi connectivity index (χ2v) is 6.67. The molecule has 0 saturated carbocycles. The van der Waals surface area contributed by atoms with Crippen molar-refractivity contribution < 1.29 is 19.1 Å². The molecule has 0 radical (unpaired) electrons. The van der Waals surface area contributed by atoms with Gasteiger partial charge in [0.2, 0.25) is 5.88 Å². The largest absolute Gasteiger partial charge is 0.481 e. The molecular weight excluding hydrogens is 380 g/mol. The number of pyridine rings is 2. The Hall–Kier alpha value is -3.33. The van der Waals surface area contributed by atoms with Crippen LogP contribution in [0, 0.1) is 6.92 Å². The SMILES string of the molecule is COC(=O)c1ccnc(Cc2snc(C)c2C(=O)Nc2ccc(OC)nc2)c1. The molecule has 9 heteroatoms. The number of anilines is 1. The number of aryl methyl sites for hydroxylation is 1. The molecule has 1 amide bonds. The van der Waals surface area contributed by atoms with Gasteiger partial charge in [0.15, 0.2) is 0 Å². The molecule has 0 aliphatic rings. The molecule has 0 spiro atoms. The number of carbonyl (C=O) groups excluding carboxylic acids is 2. The number of nitrogens with one attached hydrogen (secondary N) is 1. The van der Waals surface area contributed by atoms with E-state index in [0.717, 1.165) is 4.88 Å². The first-order valence-electron chi connectivity index (χ1n) is 8.31. The average molecular weight is 398 g/mol. The van der Waals surface area contributed by atoms with Gasteiger partial charge in [-0.2, -0.15) is 4.37 Å². The van der Waals surface area contributed by atoms with Crippen molar-refractivity contribution in [3.63, 3.8) is 0 Å². The van der Waals surface area contributed by atoms with Crippen LogP contribution in [0.3, 0.4) is 0 Å². The fraction of sp³-hybridized carbons (Fsp3) is 0.211. The van der Waals surface area contributed by atoms with E-state index in [-0.39, 0.29) is 5.91 Å². The lowest BCUT2D eigenvalue weighted by molar-refractivity contribution is 0.0600. The molecule has 3 rings (SSSR count). The van der Waals surface area contributed by atoms with E-state index in [1.54, 1.807) is 31.2 Å². The molecule has 0 atom stereocenters. The lowest BCUT2D eigenvalue weighted by Crippen LogP contribution is -2.14. The Morgan fingerprint density at radius 1 is 1.18 bits per heavy atom. The van der Waals surface area contributed by atoms with Crippen molar-refractivity contribution in [1.29, 1.82) is 0 Å². The monoisotopic (exact) mass is 398 g/mol. The number of nitrogens with zero attached hydrogens (tertiary/aromatic N) is 3. The van der Waals surface area contributed by atoms with Crippen LogP contribution in [0.4, 0.5) is 5.69 Å². The highest BCUT2D eigenvalue weighted by Gasteiger charge is 2.20. The van der Waals surface area contributed by atoms with Gasteiger partial charge in [-0.15, -0.1) is 0 Å². The molecule has 3 aromatic rings. The van der Waals surface area contributed by atoms with Crippen LogP contribution in [-0.4, -0.2) is 40.4 Å². The van der Waals surface area contributed by atoms with Gasteiger partial charge in [0.25, 0.3) is 5.91 Å². The summed E-state index contributed by atoms with van der Waals surface area (Å²) in [4.78, 5) is 33.6. The van der Waals surface area contributed by atoms with Crippen molar-refractivity contribution in [3.05, 3.63) is 64.1 Å². The molecule has 8 nitrogen and oxygen atoms in total.